The van der Waals surface area contributed by atoms with Crippen molar-refractivity contribution >= 4 is 11.7 Å². The molecule has 22 heavy (non-hydrogen) atoms. The quantitative estimate of drug-likeness (QED) is 0.848. The van der Waals surface area contributed by atoms with Gasteiger partial charge in [0.05, 0.1) is 12.8 Å². The van der Waals surface area contributed by atoms with Crippen molar-refractivity contribution in [2.24, 2.45) is 5.41 Å². The Balaban J connectivity index is 2.88. The molecule has 124 valence electrons. The number of carbonyl (C=O) groups excluding carboxylic acids is 1. The Morgan fingerprint density at radius 3 is 2.64 bits per heavy atom. The number of hydrogen-bond donors (Lipinski definition) is 2. The Bertz CT molecular complexity index is 501. The largest absolute Gasteiger partial charge is 0.495 e. The number of nitrogens with zero attached hydrogens (tertiary/aromatic N) is 1. The number of rotatable bonds is 6. The van der Waals surface area contributed by atoms with Crippen LogP contribution in [-0.2, 0) is 0 Å². The minimum Gasteiger partial charge on any atom is -0.495 e. The van der Waals surface area contributed by atoms with Gasteiger partial charge in [0.25, 0.3) is 0 Å². The minimum atomic E-state index is -0.450. The van der Waals surface area contributed by atoms with Crippen LogP contribution in [0.15, 0.2) is 18.2 Å². The molecule has 0 heterocycles. The first-order valence-electron chi connectivity index (χ1n) is 7.27. The summed E-state index contributed by atoms with van der Waals surface area (Å²) < 4.78 is 18.5. The summed E-state index contributed by atoms with van der Waals surface area (Å²) >= 11 is 0. The molecule has 0 aliphatic carbocycles. The zero-order valence-corrected chi connectivity index (χ0v) is 13.6. The molecule has 2 N–H and O–H groups in total. The van der Waals surface area contributed by atoms with Gasteiger partial charge in [-0.15, -0.1) is 0 Å². The van der Waals surface area contributed by atoms with Gasteiger partial charge < -0.3 is 20.1 Å². The maximum absolute atomic E-state index is 13.4. The molecule has 0 atom stereocenters. The highest BCUT2D eigenvalue weighted by atomic mass is 19.1. The lowest BCUT2D eigenvalue weighted by Crippen LogP contribution is -2.41. The molecule has 1 rings (SSSR count). The van der Waals surface area contributed by atoms with Gasteiger partial charge in [-0.3, -0.25) is 0 Å². The van der Waals surface area contributed by atoms with Crippen LogP contribution in [0.2, 0.25) is 0 Å². The number of anilines is 1. The summed E-state index contributed by atoms with van der Waals surface area (Å²) in [5.41, 5.74) is 0.203. The molecule has 6 heteroatoms. The highest BCUT2D eigenvalue weighted by Gasteiger charge is 2.21. The standard InChI is InChI=1S/C16H25FN2O3/c1-16(2,3)11-19(8-5-9-20)15(21)18-13-10-12(17)6-7-14(13)22-4/h6-7,10,20H,5,8-9,11H2,1-4H3,(H,18,21). The van der Waals surface area contributed by atoms with E-state index in [1.807, 2.05) is 20.8 Å². The molecule has 0 aliphatic heterocycles. The van der Waals surface area contributed by atoms with Gasteiger partial charge in [0.2, 0.25) is 0 Å². The van der Waals surface area contributed by atoms with E-state index in [1.54, 1.807) is 4.90 Å². The summed E-state index contributed by atoms with van der Waals surface area (Å²) in [7, 11) is 1.46. The third kappa shape index (κ3) is 5.89. The smallest absolute Gasteiger partial charge is 0.321 e. The molecule has 0 unspecified atom stereocenters. The highest BCUT2D eigenvalue weighted by Crippen LogP contribution is 2.25. The number of amides is 2. The number of aliphatic hydroxyl groups excluding tert-OH is 1. The number of methoxy groups -OCH3 is 1. The molecule has 0 spiro atoms. The predicted molar refractivity (Wildman–Crippen MR) is 84.7 cm³/mol. The lowest BCUT2D eigenvalue weighted by molar-refractivity contribution is 0.176. The number of aliphatic hydroxyl groups is 1. The Morgan fingerprint density at radius 1 is 1.41 bits per heavy atom. The van der Waals surface area contributed by atoms with Crippen LogP contribution < -0.4 is 10.1 Å². The lowest BCUT2D eigenvalue weighted by atomic mass is 9.96. The van der Waals surface area contributed by atoms with Gasteiger partial charge in [-0.25, -0.2) is 9.18 Å². The summed E-state index contributed by atoms with van der Waals surface area (Å²) in [6, 6.07) is 3.62. The first-order valence-corrected chi connectivity index (χ1v) is 7.27. The van der Waals surface area contributed by atoms with E-state index in [2.05, 4.69) is 5.32 Å². The average molecular weight is 312 g/mol. The van der Waals surface area contributed by atoms with E-state index in [0.29, 0.717) is 25.3 Å². The summed E-state index contributed by atoms with van der Waals surface area (Å²) in [6.45, 7) is 7.03. The van der Waals surface area contributed by atoms with Gasteiger partial charge >= 0.3 is 6.03 Å². The molecule has 0 radical (unpaired) electrons. The van der Waals surface area contributed by atoms with Crippen molar-refractivity contribution in [1.29, 1.82) is 0 Å². The monoisotopic (exact) mass is 312 g/mol. The van der Waals surface area contributed by atoms with Crippen LogP contribution in [0.1, 0.15) is 27.2 Å². The van der Waals surface area contributed by atoms with Crippen molar-refractivity contribution in [2.75, 3.05) is 32.1 Å². The van der Waals surface area contributed by atoms with Crippen LogP contribution in [0.5, 0.6) is 5.75 Å². The number of benzene rings is 1. The lowest BCUT2D eigenvalue weighted by Gasteiger charge is -2.30. The van der Waals surface area contributed by atoms with Gasteiger partial charge in [0.1, 0.15) is 11.6 Å². The fraction of sp³-hybridized carbons (Fsp3) is 0.562. The van der Waals surface area contributed by atoms with Crippen LogP contribution in [0.4, 0.5) is 14.9 Å². The zero-order valence-electron chi connectivity index (χ0n) is 13.6. The number of halogens is 1. The SMILES string of the molecule is COc1ccc(F)cc1NC(=O)N(CCCO)CC(C)(C)C. The second kappa shape index (κ2) is 7.98. The predicted octanol–water partition coefficient (Wildman–Crippen LogP) is 3.10. The van der Waals surface area contributed by atoms with Crippen LogP contribution >= 0.6 is 0 Å². The van der Waals surface area contributed by atoms with E-state index >= 15 is 0 Å². The molecule has 0 bridgehead atoms. The third-order valence-corrected chi connectivity index (χ3v) is 2.94. The maximum atomic E-state index is 13.4. The molecule has 0 saturated heterocycles. The van der Waals surface area contributed by atoms with E-state index in [-0.39, 0.29) is 23.7 Å². The molecule has 5 nitrogen and oxygen atoms in total. The van der Waals surface area contributed by atoms with Crippen LogP contribution in [0.25, 0.3) is 0 Å². The topological polar surface area (TPSA) is 61.8 Å². The van der Waals surface area contributed by atoms with Crippen LogP contribution in [-0.4, -0.2) is 42.8 Å². The first-order chi connectivity index (χ1) is 10.3. The zero-order chi connectivity index (χ0) is 16.8. The Morgan fingerprint density at radius 2 is 2.09 bits per heavy atom. The van der Waals surface area contributed by atoms with Gasteiger partial charge in [0.15, 0.2) is 0 Å². The summed E-state index contributed by atoms with van der Waals surface area (Å²) in [5.74, 6) is -0.0542. The maximum Gasteiger partial charge on any atom is 0.321 e. The number of ether oxygens (including phenoxy) is 1. The number of hydrogen-bond acceptors (Lipinski definition) is 3. The van der Waals surface area contributed by atoms with Crippen molar-refractivity contribution in [1.82, 2.24) is 4.90 Å². The molecular formula is C16H25FN2O3. The van der Waals surface area contributed by atoms with E-state index in [9.17, 15) is 9.18 Å². The number of nitrogens with one attached hydrogen (secondary N) is 1. The first kappa shape index (κ1) is 18.2. The Kier molecular flexibility index (Phi) is 6.61. The molecule has 1 aromatic rings. The number of carbonyl (C=O) groups is 1. The van der Waals surface area contributed by atoms with E-state index in [4.69, 9.17) is 9.84 Å². The fourth-order valence-corrected chi connectivity index (χ4v) is 2.06. The molecule has 1 aromatic carbocycles. The van der Waals surface area contributed by atoms with Crippen molar-refractivity contribution in [3.63, 3.8) is 0 Å². The van der Waals surface area contributed by atoms with Gasteiger partial charge in [0, 0.05) is 25.8 Å². The second-order valence-electron chi connectivity index (χ2n) is 6.33. The van der Waals surface area contributed by atoms with Crippen molar-refractivity contribution in [2.45, 2.75) is 27.2 Å². The van der Waals surface area contributed by atoms with Crippen LogP contribution in [0, 0.1) is 11.2 Å². The molecule has 0 aromatic heterocycles. The van der Waals surface area contributed by atoms with Gasteiger partial charge in [-0.1, -0.05) is 20.8 Å². The molecule has 0 aliphatic rings. The van der Waals surface area contributed by atoms with E-state index in [0.717, 1.165) is 0 Å². The molecule has 0 saturated carbocycles. The minimum absolute atomic E-state index is 0.0111. The van der Waals surface area contributed by atoms with E-state index < -0.39 is 5.82 Å². The summed E-state index contributed by atoms with van der Waals surface area (Å²) in [5, 5.41) is 11.6. The average Bonchev–Trinajstić information content (AvgIpc) is 2.42. The second-order valence-corrected chi connectivity index (χ2v) is 6.33. The van der Waals surface area contributed by atoms with E-state index in [1.165, 1.54) is 25.3 Å². The van der Waals surface area contributed by atoms with Crippen molar-refractivity contribution in [3.8, 4) is 5.75 Å². The Labute approximate surface area is 131 Å². The summed E-state index contributed by atoms with van der Waals surface area (Å²) in [6.07, 6.45) is 0.490. The van der Waals surface area contributed by atoms with Crippen LogP contribution in [0.3, 0.4) is 0 Å². The van der Waals surface area contributed by atoms with Crippen molar-refractivity contribution < 1.29 is 19.0 Å². The molecule has 2 amide bonds. The summed E-state index contributed by atoms with van der Waals surface area (Å²) in [4.78, 5) is 14.0. The van der Waals surface area contributed by atoms with Gasteiger partial charge in [-0.2, -0.15) is 0 Å². The number of urea groups is 1. The molecular weight excluding hydrogens is 287 g/mol. The molecule has 0 fully saturated rings. The fourth-order valence-electron chi connectivity index (χ4n) is 2.06. The normalized spacial score (nSPS) is 11.2. The van der Waals surface area contributed by atoms with Gasteiger partial charge in [-0.05, 0) is 24.0 Å². The highest BCUT2D eigenvalue weighted by molar-refractivity contribution is 5.91. The Hall–Kier alpha value is -1.82. The third-order valence-electron chi connectivity index (χ3n) is 2.94. The van der Waals surface area contributed by atoms with Crippen molar-refractivity contribution in [3.05, 3.63) is 24.0 Å².